The molecule has 1 aliphatic carbocycles. The highest BCUT2D eigenvalue weighted by molar-refractivity contribution is 5.24. The van der Waals surface area contributed by atoms with Gasteiger partial charge in [-0.3, -0.25) is 0 Å². The van der Waals surface area contributed by atoms with Crippen molar-refractivity contribution in [1.82, 2.24) is 5.32 Å². The first-order valence-electron chi connectivity index (χ1n) is 7.67. The van der Waals surface area contributed by atoms with Gasteiger partial charge in [-0.05, 0) is 37.8 Å². The molecule has 0 heterocycles. The molecular weight excluding hydrogens is 234 g/mol. The third-order valence-electron chi connectivity index (χ3n) is 3.77. The number of ether oxygens (including phenoxy) is 1. The molecule has 1 unspecified atom stereocenters. The average molecular weight is 261 g/mol. The maximum Gasteiger partial charge on any atom is 0.0661 e. The van der Waals surface area contributed by atoms with Gasteiger partial charge in [-0.15, -0.1) is 0 Å². The first-order chi connectivity index (χ1) is 9.29. The van der Waals surface area contributed by atoms with Crippen LogP contribution in [0.25, 0.3) is 0 Å². The van der Waals surface area contributed by atoms with E-state index in [2.05, 4.69) is 43.4 Å². The quantitative estimate of drug-likeness (QED) is 0.682. The number of nitrogens with one attached hydrogen (secondary N) is 1. The van der Waals surface area contributed by atoms with Gasteiger partial charge >= 0.3 is 0 Å². The Morgan fingerprint density at radius 3 is 2.63 bits per heavy atom. The van der Waals surface area contributed by atoms with Crippen molar-refractivity contribution in [3.8, 4) is 0 Å². The minimum atomic E-state index is 0.333. The largest absolute Gasteiger partial charge is 0.379 e. The zero-order valence-corrected chi connectivity index (χ0v) is 12.3. The Bertz CT molecular complexity index is 356. The van der Waals surface area contributed by atoms with E-state index in [0.717, 1.165) is 32.1 Å². The lowest BCUT2D eigenvalue weighted by atomic mass is 10.1. The van der Waals surface area contributed by atoms with Crippen LogP contribution < -0.4 is 5.32 Å². The van der Waals surface area contributed by atoms with Crippen LogP contribution in [0.1, 0.15) is 49.8 Å². The molecule has 19 heavy (non-hydrogen) atoms. The molecule has 1 aliphatic rings. The van der Waals surface area contributed by atoms with Crippen LogP contribution >= 0.6 is 0 Å². The Hall–Kier alpha value is -0.860. The van der Waals surface area contributed by atoms with E-state index in [-0.39, 0.29) is 0 Å². The van der Waals surface area contributed by atoms with E-state index in [1.807, 2.05) is 0 Å². The third-order valence-corrected chi connectivity index (χ3v) is 3.77. The van der Waals surface area contributed by atoms with Gasteiger partial charge in [0.1, 0.15) is 0 Å². The molecule has 106 valence electrons. The maximum absolute atomic E-state index is 5.87. The highest BCUT2D eigenvalue weighted by atomic mass is 16.5. The van der Waals surface area contributed by atoms with Crippen LogP contribution in [-0.2, 0) is 4.74 Å². The number of hydrogen-bond donors (Lipinski definition) is 1. The van der Waals surface area contributed by atoms with E-state index in [1.54, 1.807) is 0 Å². The Labute approximate surface area is 117 Å². The molecule has 1 N–H and O–H groups in total. The second-order valence-electron chi connectivity index (χ2n) is 5.72. The first kappa shape index (κ1) is 14.5. The molecule has 1 aromatic rings. The summed E-state index contributed by atoms with van der Waals surface area (Å²) in [6, 6.07) is 9.12. The molecule has 2 heteroatoms. The minimum Gasteiger partial charge on any atom is -0.379 e. The van der Waals surface area contributed by atoms with Crippen molar-refractivity contribution in [1.29, 1.82) is 0 Å². The highest BCUT2D eigenvalue weighted by Crippen LogP contribution is 2.32. The maximum atomic E-state index is 5.87. The Morgan fingerprint density at radius 2 is 2.00 bits per heavy atom. The van der Waals surface area contributed by atoms with Crippen molar-refractivity contribution in [3.05, 3.63) is 35.4 Å². The second kappa shape index (κ2) is 7.66. The molecule has 0 radical (unpaired) electrons. The summed E-state index contributed by atoms with van der Waals surface area (Å²) in [5.74, 6) is 0.960. The molecule has 0 saturated heterocycles. The van der Waals surface area contributed by atoms with E-state index >= 15 is 0 Å². The normalized spacial score (nSPS) is 16.5. The van der Waals surface area contributed by atoms with E-state index in [4.69, 9.17) is 4.74 Å². The molecule has 1 atom stereocenters. The molecule has 0 spiro atoms. The minimum absolute atomic E-state index is 0.333. The van der Waals surface area contributed by atoms with E-state index in [1.165, 1.54) is 30.4 Å². The average Bonchev–Trinajstić information content (AvgIpc) is 3.23. The van der Waals surface area contributed by atoms with Gasteiger partial charge in [0.25, 0.3) is 0 Å². The standard InChI is InChI=1S/C17H27NO/c1-3-11-18-17(13-19-12-10-15-6-7-15)16-8-4-14(2)5-9-16/h4-5,8-9,15,17-18H,3,6-7,10-13H2,1-2H3. The Balaban J connectivity index is 1.80. The highest BCUT2D eigenvalue weighted by Gasteiger charge is 2.20. The molecule has 2 nitrogen and oxygen atoms in total. The van der Waals surface area contributed by atoms with Crippen molar-refractivity contribution in [3.63, 3.8) is 0 Å². The summed E-state index contributed by atoms with van der Waals surface area (Å²) < 4.78 is 5.87. The van der Waals surface area contributed by atoms with Gasteiger partial charge in [0.15, 0.2) is 0 Å². The van der Waals surface area contributed by atoms with E-state index < -0.39 is 0 Å². The Morgan fingerprint density at radius 1 is 1.26 bits per heavy atom. The van der Waals surface area contributed by atoms with Crippen LogP contribution in [0.4, 0.5) is 0 Å². The molecular formula is C17H27NO. The summed E-state index contributed by atoms with van der Waals surface area (Å²) in [5.41, 5.74) is 2.65. The molecule has 0 aromatic heterocycles. The summed E-state index contributed by atoms with van der Waals surface area (Å²) in [5, 5.41) is 3.58. The summed E-state index contributed by atoms with van der Waals surface area (Å²) in [6.45, 7) is 7.08. The van der Waals surface area contributed by atoms with Crippen LogP contribution in [0.5, 0.6) is 0 Å². The second-order valence-corrected chi connectivity index (χ2v) is 5.72. The summed E-state index contributed by atoms with van der Waals surface area (Å²) in [4.78, 5) is 0. The number of aryl methyl sites for hydroxylation is 1. The van der Waals surface area contributed by atoms with Gasteiger partial charge in [-0.2, -0.15) is 0 Å². The molecule has 1 fully saturated rings. The van der Waals surface area contributed by atoms with Crippen molar-refractivity contribution in [2.24, 2.45) is 5.92 Å². The molecule has 1 saturated carbocycles. The zero-order valence-electron chi connectivity index (χ0n) is 12.3. The van der Waals surface area contributed by atoms with Gasteiger partial charge in [-0.1, -0.05) is 49.6 Å². The fraction of sp³-hybridized carbons (Fsp3) is 0.647. The van der Waals surface area contributed by atoms with E-state index in [0.29, 0.717) is 6.04 Å². The molecule has 2 rings (SSSR count). The molecule has 0 amide bonds. The van der Waals surface area contributed by atoms with Gasteiger partial charge < -0.3 is 10.1 Å². The van der Waals surface area contributed by atoms with Gasteiger partial charge in [0.2, 0.25) is 0 Å². The topological polar surface area (TPSA) is 21.3 Å². The third kappa shape index (κ3) is 5.33. The number of hydrogen-bond acceptors (Lipinski definition) is 2. The number of rotatable bonds is 9. The van der Waals surface area contributed by atoms with Crippen molar-refractivity contribution >= 4 is 0 Å². The molecule has 0 bridgehead atoms. The van der Waals surface area contributed by atoms with Crippen molar-refractivity contribution < 1.29 is 4.74 Å². The van der Waals surface area contributed by atoms with Gasteiger partial charge in [-0.25, -0.2) is 0 Å². The van der Waals surface area contributed by atoms with Crippen LogP contribution in [0, 0.1) is 12.8 Å². The van der Waals surface area contributed by atoms with Crippen molar-refractivity contribution in [2.75, 3.05) is 19.8 Å². The van der Waals surface area contributed by atoms with E-state index in [9.17, 15) is 0 Å². The SMILES string of the molecule is CCCNC(COCCC1CC1)c1ccc(C)cc1. The predicted molar refractivity (Wildman–Crippen MR) is 80.4 cm³/mol. The van der Waals surface area contributed by atoms with Crippen molar-refractivity contribution in [2.45, 2.75) is 45.6 Å². The van der Waals surface area contributed by atoms with Crippen LogP contribution in [0.15, 0.2) is 24.3 Å². The lowest BCUT2D eigenvalue weighted by molar-refractivity contribution is 0.106. The summed E-state index contributed by atoms with van der Waals surface area (Å²) in [7, 11) is 0. The Kier molecular flexibility index (Phi) is 5.87. The van der Waals surface area contributed by atoms with Crippen LogP contribution in [-0.4, -0.2) is 19.8 Å². The fourth-order valence-corrected chi connectivity index (χ4v) is 2.25. The monoisotopic (exact) mass is 261 g/mol. The predicted octanol–water partition coefficient (Wildman–Crippen LogP) is 3.85. The van der Waals surface area contributed by atoms with Gasteiger partial charge in [0, 0.05) is 6.61 Å². The fourth-order valence-electron chi connectivity index (χ4n) is 2.25. The summed E-state index contributed by atoms with van der Waals surface area (Å²) in [6.07, 6.45) is 5.23. The first-order valence-corrected chi connectivity index (χ1v) is 7.67. The molecule has 0 aliphatic heterocycles. The zero-order chi connectivity index (χ0) is 13.5. The van der Waals surface area contributed by atoms with Gasteiger partial charge in [0.05, 0.1) is 12.6 Å². The lowest BCUT2D eigenvalue weighted by Crippen LogP contribution is -2.26. The smallest absolute Gasteiger partial charge is 0.0661 e. The van der Waals surface area contributed by atoms with Crippen LogP contribution in [0.2, 0.25) is 0 Å². The lowest BCUT2D eigenvalue weighted by Gasteiger charge is -2.19. The summed E-state index contributed by atoms with van der Waals surface area (Å²) >= 11 is 0. The number of benzene rings is 1. The van der Waals surface area contributed by atoms with Crippen LogP contribution in [0.3, 0.4) is 0 Å². The molecule has 1 aromatic carbocycles.